The van der Waals surface area contributed by atoms with Crippen LogP contribution in [-0.2, 0) is 19.9 Å². The number of hydrogen-bond acceptors (Lipinski definition) is 4. The average Bonchev–Trinajstić information content (AvgIpc) is 3.49. The summed E-state index contributed by atoms with van der Waals surface area (Å²) in [5.41, 5.74) is 6.90. The van der Waals surface area contributed by atoms with E-state index in [1.165, 1.54) is 80.9 Å². The number of amides is 1. The Hall–Kier alpha value is -4.87. The summed E-state index contributed by atoms with van der Waals surface area (Å²) in [7, 11) is 0. The molecule has 0 radical (unpaired) electrons. The molecule has 2 aliphatic carbocycles. The minimum atomic E-state index is -1.33. The Labute approximate surface area is 331 Å². The van der Waals surface area contributed by atoms with Crippen LogP contribution in [0.5, 0.6) is 0 Å². The molecular formula is C49H52ClNO4. The van der Waals surface area contributed by atoms with Crippen LogP contribution in [0.25, 0.3) is 11.1 Å². The van der Waals surface area contributed by atoms with Crippen LogP contribution < -0.4 is 5.32 Å². The number of ether oxygens (including phenoxy) is 2. The monoisotopic (exact) mass is 753 g/mol. The van der Waals surface area contributed by atoms with E-state index >= 15 is 0 Å². The molecule has 0 bridgehead atoms. The minimum absolute atomic E-state index is 0.0578. The van der Waals surface area contributed by atoms with Crippen molar-refractivity contribution in [1.82, 2.24) is 5.32 Å². The lowest BCUT2D eigenvalue weighted by Crippen LogP contribution is -2.39. The highest BCUT2D eigenvalue weighted by Gasteiger charge is 2.42. The molecule has 1 unspecified atom stereocenters. The molecule has 5 nitrogen and oxygen atoms in total. The molecule has 1 N–H and O–H groups in total. The number of halogens is 1. The molecule has 284 valence electrons. The van der Waals surface area contributed by atoms with Crippen molar-refractivity contribution in [3.8, 4) is 11.1 Å². The van der Waals surface area contributed by atoms with E-state index in [1.54, 1.807) is 6.92 Å². The molecule has 55 heavy (non-hydrogen) atoms. The van der Waals surface area contributed by atoms with Crippen molar-refractivity contribution in [3.05, 3.63) is 166 Å². The fourth-order valence-electron chi connectivity index (χ4n) is 8.73. The first-order valence-electron chi connectivity index (χ1n) is 20.2. The van der Waals surface area contributed by atoms with Crippen molar-refractivity contribution in [2.75, 3.05) is 6.61 Å². The first-order valence-corrected chi connectivity index (χ1v) is 20.6. The zero-order chi connectivity index (χ0) is 38.0. The number of benzene rings is 5. The second-order valence-corrected chi connectivity index (χ2v) is 15.7. The van der Waals surface area contributed by atoms with Crippen LogP contribution in [0.3, 0.4) is 0 Å². The van der Waals surface area contributed by atoms with Crippen molar-refractivity contribution >= 4 is 23.7 Å². The lowest BCUT2D eigenvalue weighted by atomic mass is 9.78. The van der Waals surface area contributed by atoms with Gasteiger partial charge in [0.2, 0.25) is 0 Å². The van der Waals surface area contributed by atoms with Crippen LogP contribution in [-0.4, -0.2) is 24.7 Å². The van der Waals surface area contributed by atoms with Gasteiger partial charge in [-0.15, -0.1) is 0 Å². The number of carbonyl (C=O) groups excluding carboxylic acids is 2. The van der Waals surface area contributed by atoms with E-state index < -0.39 is 23.7 Å². The fourth-order valence-corrected chi connectivity index (χ4v) is 9.00. The van der Waals surface area contributed by atoms with Crippen LogP contribution in [0.4, 0.5) is 4.79 Å². The molecule has 0 aromatic heterocycles. The first kappa shape index (κ1) is 38.4. The smallest absolute Gasteiger partial charge is 0.407 e. The third-order valence-corrected chi connectivity index (χ3v) is 11.9. The number of rotatable bonds is 10. The second-order valence-electron chi connectivity index (χ2n) is 15.3. The van der Waals surface area contributed by atoms with Crippen molar-refractivity contribution in [2.24, 2.45) is 0 Å². The number of alkyl carbamates (subject to hydrolysis) is 1. The summed E-state index contributed by atoms with van der Waals surface area (Å²) >= 11 is 6.98. The Balaban J connectivity index is 1.10. The van der Waals surface area contributed by atoms with Gasteiger partial charge in [-0.05, 0) is 59.6 Å². The van der Waals surface area contributed by atoms with Gasteiger partial charge in [-0.25, -0.2) is 4.79 Å². The molecule has 0 saturated heterocycles. The Morgan fingerprint density at radius 1 is 0.673 bits per heavy atom. The van der Waals surface area contributed by atoms with Crippen LogP contribution in [0.2, 0.25) is 5.02 Å². The van der Waals surface area contributed by atoms with E-state index in [-0.39, 0.29) is 18.9 Å². The van der Waals surface area contributed by atoms with E-state index in [0.29, 0.717) is 16.5 Å². The van der Waals surface area contributed by atoms with Crippen LogP contribution in [0.1, 0.15) is 123 Å². The summed E-state index contributed by atoms with van der Waals surface area (Å²) < 4.78 is 12.5. The van der Waals surface area contributed by atoms with Gasteiger partial charge in [-0.2, -0.15) is 0 Å². The van der Waals surface area contributed by atoms with Crippen LogP contribution in [0, 0.1) is 0 Å². The number of hydrogen-bond donors (Lipinski definition) is 1. The standard InChI is InChI=1S/C49H52ClNO4/c1-35(51-48(53)54-34-44-42-25-15-13-23-40(42)41-24-14-16-26-43(41)44)33-47(52)55-49(38-21-11-8-12-22-38,45-27-17-18-28-46(45)50)39-31-29-37(30-32-39)36-19-9-6-4-2-3-5-7-10-20-36/h8,11-18,21-32,35-36,44H,2-7,9-10,19-20,33-34H2,1H3,(H,51,53)/t35-,49?/m1/s1. The molecule has 6 heteroatoms. The minimum Gasteiger partial charge on any atom is -0.449 e. The molecule has 1 fully saturated rings. The zero-order valence-corrected chi connectivity index (χ0v) is 32.6. The summed E-state index contributed by atoms with van der Waals surface area (Å²) in [6.45, 7) is 1.98. The zero-order valence-electron chi connectivity index (χ0n) is 31.9. The molecule has 1 amide bonds. The van der Waals surface area contributed by atoms with Crippen molar-refractivity contribution in [2.45, 2.75) is 101 Å². The normalized spacial score (nSPS) is 16.8. The predicted octanol–water partition coefficient (Wildman–Crippen LogP) is 12.5. The average molecular weight is 754 g/mol. The summed E-state index contributed by atoms with van der Waals surface area (Å²) in [4.78, 5) is 27.3. The van der Waals surface area contributed by atoms with Gasteiger partial charge in [0.15, 0.2) is 5.60 Å². The maximum atomic E-state index is 14.1. The topological polar surface area (TPSA) is 64.6 Å². The van der Waals surface area contributed by atoms with Gasteiger partial charge < -0.3 is 14.8 Å². The highest BCUT2D eigenvalue weighted by atomic mass is 35.5. The molecule has 1 saturated carbocycles. The first-order chi connectivity index (χ1) is 26.9. The Morgan fingerprint density at radius 3 is 1.82 bits per heavy atom. The van der Waals surface area contributed by atoms with Crippen molar-refractivity contribution in [1.29, 1.82) is 0 Å². The number of fused-ring (bicyclic) bond motifs is 3. The Morgan fingerprint density at radius 2 is 1.20 bits per heavy atom. The maximum absolute atomic E-state index is 14.1. The molecule has 2 aliphatic rings. The predicted molar refractivity (Wildman–Crippen MR) is 222 cm³/mol. The van der Waals surface area contributed by atoms with Gasteiger partial charge in [0.05, 0.1) is 6.42 Å². The quantitative estimate of drug-likeness (QED) is 0.114. The number of esters is 1. The van der Waals surface area contributed by atoms with Crippen LogP contribution >= 0.6 is 11.6 Å². The van der Waals surface area contributed by atoms with E-state index in [4.69, 9.17) is 21.1 Å². The van der Waals surface area contributed by atoms with E-state index in [9.17, 15) is 9.59 Å². The molecule has 0 spiro atoms. The third-order valence-electron chi connectivity index (χ3n) is 11.5. The van der Waals surface area contributed by atoms with Gasteiger partial charge in [0, 0.05) is 33.7 Å². The lowest BCUT2D eigenvalue weighted by Gasteiger charge is -2.36. The lowest BCUT2D eigenvalue weighted by molar-refractivity contribution is -0.154. The SMILES string of the molecule is C[C@H](CC(=O)OC(c1ccccc1)(c1ccc(C2CCCCCCCCCC2)cc1)c1ccccc1Cl)NC(=O)OCC1c2ccccc2-c2ccccc21. The molecule has 0 aliphatic heterocycles. The molecule has 5 aromatic rings. The molecular weight excluding hydrogens is 702 g/mol. The fraction of sp³-hybridized carbons (Fsp3) is 0.347. The van der Waals surface area contributed by atoms with Gasteiger partial charge in [-0.1, -0.05) is 184 Å². The van der Waals surface area contributed by atoms with Crippen molar-refractivity contribution in [3.63, 3.8) is 0 Å². The Kier molecular flexibility index (Phi) is 12.7. The molecule has 5 aromatic carbocycles. The second kappa shape index (κ2) is 18.2. The van der Waals surface area contributed by atoms with Crippen molar-refractivity contribution < 1.29 is 19.1 Å². The third kappa shape index (κ3) is 8.84. The Bertz CT molecular complexity index is 1990. The summed E-state index contributed by atoms with van der Waals surface area (Å²) in [5.74, 6) is -0.0220. The number of carbonyl (C=O) groups is 2. The van der Waals surface area contributed by atoms with Gasteiger partial charge in [0.25, 0.3) is 0 Å². The number of nitrogens with one attached hydrogen (secondary N) is 1. The van der Waals surface area contributed by atoms with Gasteiger partial charge in [-0.3, -0.25) is 4.79 Å². The largest absolute Gasteiger partial charge is 0.449 e. The van der Waals surface area contributed by atoms with Gasteiger partial charge >= 0.3 is 12.1 Å². The summed E-state index contributed by atoms with van der Waals surface area (Å²) in [6.07, 6.45) is 12.2. The maximum Gasteiger partial charge on any atom is 0.407 e. The van der Waals surface area contributed by atoms with E-state index in [2.05, 4.69) is 53.8 Å². The highest BCUT2D eigenvalue weighted by Crippen LogP contribution is 2.46. The summed E-state index contributed by atoms with van der Waals surface area (Å²) in [5, 5.41) is 3.37. The van der Waals surface area contributed by atoms with Gasteiger partial charge in [0.1, 0.15) is 6.61 Å². The van der Waals surface area contributed by atoms with E-state index in [0.717, 1.165) is 22.3 Å². The molecule has 2 atom stereocenters. The molecule has 0 heterocycles. The highest BCUT2D eigenvalue weighted by molar-refractivity contribution is 6.31. The van der Waals surface area contributed by atoms with Crippen LogP contribution in [0.15, 0.2) is 127 Å². The molecule has 7 rings (SSSR count). The summed E-state index contributed by atoms with van der Waals surface area (Å²) in [6, 6.07) is 42.0. The van der Waals surface area contributed by atoms with E-state index in [1.807, 2.05) is 78.9 Å².